The number of fused-ring (bicyclic) bond motifs is 1. The van der Waals surface area contributed by atoms with Crippen LogP contribution in [0.5, 0.6) is 0 Å². The highest BCUT2D eigenvalue weighted by Gasteiger charge is 2.11. The molecule has 2 aromatic carbocycles. The van der Waals surface area contributed by atoms with Gasteiger partial charge in [0.2, 0.25) is 0 Å². The summed E-state index contributed by atoms with van der Waals surface area (Å²) in [6.07, 6.45) is 1.73. The van der Waals surface area contributed by atoms with Crippen molar-refractivity contribution in [3.05, 3.63) is 60.2 Å². The van der Waals surface area contributed by atoms with E-state index < -0.39 is 0 Å². The average molecular weight is 265 g/mol. The maximum Gasteiger partial charge on any atom is 0.127 e. The van der Waals surface area contributed by atoms with Crippen molar-refractivity contribution in [1.82, 2.24) is 15.0 Å². The maximum atomic E-state index is 11.3. The van der Waals surface area contributed by atoms with Crippen LogP contribution in [0.15, 0.2) is 54.6 Å². The second-order valence-electron chi connectivity index (χ2n) is 4.74. The van der Waals surface area contributed by atoms with Crippen molar-refractivity contribution in [3.63, 3.8) is 0 Å². The third-order valence-electron chi connectivity index (χ3n) is 3.46. The zero-order valence-corrected chi connectivity index (χ0v) is 11.0. The van der Waals surface area contributed by atoms with Crippen molar-refractivity contribution >= 4 is 17.3 Å². The molecular weight excluding hydrogens is 250 g/mol. The Morgan fingerprint density at radius 1 is 1.05 bits per heavy atom. The Bertz CT molecular complexity index is 706. The van der Waals surface area contributed by atoms with Crippen LogP contribution < -0.4 is 0 Å². The molecule has 0 bridgehead atoms. The largest absolute Gasteiger partial charge is 0.303 e. The smallest absolute Gasteiger partial charge is 0.127 e. The van der Waals surface area contributed by atoms with E-state index in [-0.39, 0.29) is 5.92 Å². The average Bonchev–Trinajstić information content (AvgIpc) is 2.92. The van der Waals surface area contributed by atoms with Crippen LogP contribution in [0.25, 0.3) is 11.0 Å². The number of aldehydes is 1. The number of aryl methyl sites for hydroxylation is 1. The molecule has 4 heteroatoms. The topological polar surface area (TPSA) is 47.8 Å². The lowest BCUT2D eigenvalue weighted by Gasteiger charge is -2.10. The van der Waals surface area contributed by atoms with Gasteiger partial charge in [-0.3, -0.25) is 0 Å². The number of hydrogen-bond acceptors (Lipinski definition) is 3. The lowest BCUT2D eigenvalue weighted by Crippen LogP contribution is -2.07. The van der Waals surface area contributed by atoms with E-state index in [1.54, 1.807) is 0 Å². The molecule has 0 aliphatic carbocycles. The summed E-state index contributed by atoms with van der Waals surface area (Å²) in [7, 11) is 0. The standard InChI is InChI=1S/C16H15N3O/c20-12-14(13-6-2-1-3-7-13)10-11-19-16-9-5-4-8-15(16)17-18-19/h1-9,12,14H,10-11H2. The molecule has 100 valence electrons. The number of nitrogens with zero attached hydrogens (tertiary/aromatic N) is 3. The molecular formula is C16H15N3O. The first-order valence-electron chi connectivity index (χ1n) is 6.67. The highest BCUT2D eigenvalue weighted by Crippen LogP contribution is 2.19. The van der Waals surface area contributed by atoms with Gasteiger partial charge in [0, 0.05) is 12.5 Å². The van der Waals surface area contributed by atoms with Crippen molar-refractivity contribution in [2.75, 3.05) is 0 Å². The molecule has 4 nitrogen and oxygen atoms in total. The summed E-state index contributed by atoms with van der Waals surface area (Å²) in [6.45, 7) is 0.679. The first-order valence-corrected chi connectivity index (χ1v) is 6.67. The second kappa shape index (κ2) is 5.65. The van der Waals surface area contributed by atoms with Gasteiger partial charge in [-0.25, -0.2) is 4.68 Å². The molecule has 3 aromatic rings. The van der Waals surface area contributed by atoms with Crippen LogP contribution in [-0.2, 0) is 11.3 Å². The summed E-state index contributed by atoms with van der Waals surface area (Å²) in [6, 6.07) is 17.7. The molecule has 0 spiro atoms. The van der Waals surface area contributed by atoms with Crippen LogP contribution in [0, 0.1) is 0 Å². The third kappa shape index (κ3) is 2.45. The minimum absolute atomic E-state index is 0.0980. The Morgan fingerprint density at radius 3 is 2.60 bits per heavy atom. The van der Waals surface area contributed by atoms with Crippen LogP contribution in [0.2, 0.25) is 0 Å². The Hall–Kier alpha value is -2.49. The molecule has 1 aromatic heterocycles. The van der Waals surface area contributed by atoms with E-state index in [4.69, 9.17) is 0 Å². The third-order valence-corrected chi connectivity index (χ3v) is 3.46. The van der Waals surface area contributed by atoms with Gasteiger partial charge in [0.1, 0.15) is 11.8 Å². The lowest BCUT2D eigenvalue weighted by molar-refractivity contribution is -0.109. The number of rotatable bonds is 5. The summed E-state index contributed by atoms with van der Waals surface area (Å²) in [4.78, 5) is 11.3. The Morgan fingerprint density at radius 2 is 1.80 bits per heavy atom. The summed E-state index contributed by atoms with van der Waals surface area (Å²) in [5.74, 6) is -0.0980. The quantitative estimate of drug-likeness (QED) is 0.666. The van der Waals surface area contributed by atoms with E-state index in [2.05, 4.69) is 10.3 Å². The number of aromatic nitrogens is 3. The molecule has 0 saturated carbocycles. The molecule has 0 saturated heterocycles. The van der Waals surface area contributed by atoms with Gasteiger partial charge in [-0.2, -0.15) is 0 Å². The zero-order valence-electron chi connectivity index (χ0n) is 11.0. The van der Waals surface area contributed by atoms with E-state index >= 15 is 0 Å². The fraction of sp³-hybridized carbons (Fsp3) is 0.188. The van der Waals surface area contributed by atoms with Crippen LogP contribution in [0.4, 0.5) is 0 Å². The number of carbonyl (C=O) groups is 1. The van der Waals surface area contributed by atoms with Gasteiger partial charge in [0.05, 0.1) is 5.52 Å². The zero-order chi connectivity index (χ0) is 13.8. The first-order chi connectivity index (χ1) is 9.88. The molecule has 1 heterocycles. The van der Waals surface area contributed by atoms with Crippen molar-refractivity contribution < 1.29 is 4.79 Å². The molecule has 0 fully saturated rings. The lowest BCUT2D eigenvalue weighted by atomic mass is 9.97. The van der Waals surface area contributed by atoms with Crippen LogP contribution in [0.1, 0.15) is 17.9 Å². The molecule has 0 radical (unpaired) electrons. The number of para-hydroxylation sites is 1. The SMILES string of the molecule is O=CC(CCn1nnc2ccccc21)c1ccccc1. The van der Waals surface area contributed by atoms with Crippen LogP contribution >= 0.6 is 0 Å². The number of hydrogen-bond donors (Lipinski definition) is 0. The number of benzene rings is 2. The molecule has 1 unspecified atom stereocenters. The fourth-order valence-electron chi connectivity index (χ4n) is 2.36. The summed E-state index contributed by atoms with van der Waals surface area (Å²) in [5.41, 5.74) is 2.94. The fourth-order valence-corrected chi connectivity index (χ4v) is 2.36. The van der Waals surface area contributed by atoms with E-state index in [9.17, 15) is 4.79 Å². The Balaban J connectivity index is 1.77. The van der Waals surface area contributed by atoms with Gasteiger partial charge in [-0.1, -0.05) is 47.7 Å². The molecule has 0 N–H and O–H groups in total. The molecule has 20 heavy (non-hydrogen) atoms. The monoisotopic (exact) mass is 265 g/mol. The molecule has 1 atom stereocenters. The van der Waals surface area contributed by atoms with Crippen LogP contribution in [-0.4, -0.2) is 21.3 Å². The summed E-state index contributed by atoms with van der Waals surface area (Å²) >= 11 is 0. The minimum atomic E-state index is -0.0980. The summed E-state index contributed by atoms with van der Waals surface area (Å²) < 4.78 is 1.86. The van der Waals surface area contributed by atoms with Crippen molar-refractivity contribution in [1.29, 1.82) is 0 Å². The first kappa shape index (κ1) is 12.5. The summed E-state index contributed by atoms with van der Waals surface area (Å²) in [5, 5.41) is 8.27. The number of carbonyl (C=O) groups excluding carboxylic acids is 1. The van der Waals surface area contributed by atoms with Gasteiger partial charge in [-0.15, -0.1) is 5.10 Å². The van der Waals surface area contributed by atoms with E-state index in [1.165, 1.54) is 0 Å². The minimum Gasteiger partial charge on any atom is -0.303 e. The van der Waals surface area contributed by atoms with Crippen molar-refractivity contribution in [3.8, 4) is 0 Å². The van der Waals surface area contributed by atoms with Gasteiger partial charge in [-0.05, 0) is 24.1 Å². The normalized spacial score (nSPS) is 12.4. The molecule has 0 aliphatic rings. The van der Waals surface area contributed by atoms with Gasteiger partial charge >= 0.3 is 0 Å². The van der Waals surface area contributed by atoms with E-state index in [1.807, 2.05) is 59.3 Å². The predicted molar refractivity (Wildman–Crippen MR) is 77.4 cm³/mol. The maximum absolute atomic E-state index is 11.3. The molecule has 0 amide bonds. The predicted octanol–water partition coefficient (Wildman–Crippen LogP) is 2.80. The van der Waals surface area contributed by atoms with Crippen molar-refractivity contribution in [2.24, 2.45) is 0 Å². The van der Waals surface area contributed by atoms with Gasteiger partial charge in [0.25, 0.3) is 0 Å². The van der Waals surface area contributed by atoms with Gasteiger partial charge in [0.15, 0.2) is 0 Å². The Labute approximate surface area is 117 Å². The highest BCUT2D eigenvalue weighted by atomic mass is 16.1. The van der Waals surface area contributed by atoms with Gasteiger partial charge < -0.3 is 4.79 Å². The Kier molecular flexibility index (Phi) is 3.54. The van der Waals surface area contributed by atoms with E-state index in [0.717, 1.165) is 29.3 Å². The second-order valence-corrected chi connectivity index (χ2v) is 4.74. The van der Waals surface area contributed by atoms with Crippen LogP contribution in [0.3, 0.4) is 0 Å². The molecule has 0 aliphatic heterocycles. The van der Waals surface area contributed by atoms with E-state index in [0.29, 0.717) is 6.54 Å². The highest BCUT2D eigenvalue weighted by molar-refractivity contribution is 5.73. The molecule has 3 rings (SSSR count). The van der Waals surface area contributed by atoms with Crippen molar-refractivity contribution in [2.45, 2.75) is 18.9 Å².